The van der Waals surface area contributed by atoms with E-state index in [1.54, 1.807) is 22.6 Å². The Hall–Kier alpha value is -2.91. The van der Waals surface area contributed by atoms with Crippen molar-refractivity contribution in [1.29, 1.82) is 0 Å². The highest BCUT2D eigenvalue weighted by atomic mass is 35.5. The van der Waals surface area contributed by atoms with Crippen LogP contribution in [0.1, 0.15) is 46.6 Å². The summed E-state index contributed by atoms with van der Waals surface area (Å²) in [6.45, 7) is 3.59. The lowest BCUT2D eigenvalue weighted by atomic mass is 9.95. The average Bonchev–Trinajstić information content (AvgIpc) is 2.95. The number of hydrogen-bond donors (Lipinski definition) is 2. The highest BCUT2D eigenvalue weighted by Gasteiger charge is 2.35. The molecule has 176 valence electrons. The molecule has 0 saturated carbocycles. The number of carbonyl (C=O) groups is 2. The highest BCUT2D eigenvalue weighted by molar-refractivity contribution is 6.30. The van der Waals surface area contributed by atoms with Crippen molar-refractivity contribution in [2.75, 3.05) is 26.7 Å². The van der Waals surface area contributed by atoms with Gasteiger partial charge in [-0.25, -0.2) is 4.39 Å². The van der Waals surface area contributed by atoms with Crippen molar-refractivity contribution < 1.29 is 19.1 Å². The van der Waals surface area contributed by atoms with E-state index in [1.165, 1.54) is 17.0 Å². The molecule has 2 aliphatic rings. The van der Waals surface area contributed by atoms with Gasteiger partial charge in [0.2, 0.25) is 11.3 Å². The highest BCUT2D eigenvalue weighted by Crippen LogP contribution is 2.32. The number of benzene rings is 1. The molecule has 0 aliphatic carbocycles. The number of hydrogen-bond acceptors (Lipinski definition) is 5. The third-order valence-corrected chi connectivity index (χ3v) is 6.67. The van der Waals surface area contributed by atoms with Gasteiger partial charge in [-0.1, -0.05) is 24.6 Å². The molecule has 2 N–H and O–H groups in total. The van der Waals surface area contributed by atoms with Gasteiger partial charge in [-0.2, -0.15) is 0 Å². The van der Waals surface area contributed by atoms with Crippen LogP contribution in [0.4, 0.5) is 4.39 Å². The molecule has 2 aromatic rings. The number of nitrogens with one attached hydrogen (secondary N) is 1. The summed E-state index contributed by atoms with van der Waals surface area (Å²) >= 11 is 5.86. The van der Waals surface area contributed by atoms with Crippen LogP contribution in [0.5, 0.6) is 5.75 Å². The van der Waals surface area contributed by atoms with Gasteiger partial charge in [0.25, 0.3) is 5.91 Å². The molecule has 0 saturated heterocycles. The molecule has 0 fully saturated rings. The van der Waals surface area contributed by atoms with E-state index >= 15 is 0 Å². The van der Waals surface area contributed by atoms with Gasteiger partial charge >= 0.3 is 0 Å². The van der Waals surface area contributed by atoms with Crippen LogP contribution >= 0.6 is 11.6 Å². The summed E-state index contributed by atoms with van der Waals surface area (Å²) in [5.41, 5.74) is 1.06. The Morgan fingerprint density at radius 2 is 2.03 bits per heavy atom. The fourth-order valence-corrected chi connectivity index (χ4v) is 4.83. The van der Waals surface area contributed by atoms with E-state index in [4.69, 9.17) is 11.6 Å². The Bertz CT molecular complexity index is 1180. The molecule has 33 heavy (non-hydrogen) atoms. The number of rotatable bonds is 4. The molecule has 0 radical (unpaired) electrons. The SMILES string of the molecule is CNCC(=O)N1CC[C@@H](C)c2c(n3c(c(O)c2=O)C(=O)N(Cc2ccc(F)c(Cl)c2)CC3)C1. The second-order valence-electron chi connectivity index (χ2n) is 8.55. The summed E-state index contributed by atoms with van der Waals surface area (Å²) in [5, 5.41) is 13.6. The molecular weight excluding hydrogens is 451 g/mol. The van der Waals surface area contributed by atoms with Gasteiger partial charge in [0.15, 0.2) is 11.4 Å². The minimum Gasteiger partial charge on any atom is -0.503 e. The predicted octanol–water partition coefficient (Wildman–Crippen LogP) is 2.06. The summed E-state index contributed by atoms with van der Waals surface area (Å²) in [5.74, 6) is -1.87. The topological polar surface area (TPSA) is 94.9 Å². The molecule has 2 amide bonds. The van der Waals surface area contributed by atoms with Gasteiger partial charge in [0.05, 0.1) is 18.1 Å². The lowest BCUT2D eigenvalue weighted by Gasteiger charge is -2.33. The van der Waals surface area contributed by atoms with E-state index in [0.717, 1.165) is 0 Å². The standard InChI is InChI=1S/C23H26ClFN4O4/c1-13-5-6-27(18(30)10-26-2)12-17-19(13)21(31)22(32)20-23(33)28(7-8-29(17)20)11-14-3-4-16(25)15(24)9-14/h3-4,9,13,26,32H,5-8,10-12H2,1-2H3/t13-/m1/s1. The van der Waals surface area contributed by atoms with Crippen LogP contribution in [0, 0.1) is 5.82 Å². The molecule has 1 atom stereocenters. The summed E-state index contributed by atoms with van der Waals surface area (Å²) in [6.07, 6.45) is 0.585. The number of likely N-dealkylation sites (N-methyl/N-ethyl adjacent to an activating group) is 1. The van der Waals surface area contributed by atoms with E-state index < -0.39 is 22.9 Å². The van der Waals surface area contributed by atoms with Crippen molar-refractivity contribution in [2.24, 2.45) is 0 Å². The maximum absolute atomic E-state index is 13.5. The van der Waals surface area contributed by atoms with Crippen LogP contribution < -0.4 is 10.7 Å². The Labute approximate surface area is 195 Å². The molecule has 10 heteroatoms. The zero-order valence-electron chi connectivity index (χ0n) is 18.5. The maximum atomic E-state index is 13.5. The van der Waals surface area contributed by atoms with Crippen molar-refractivity contribution in [3.05, 3.63) is 61.8 Å². The molecule has 3 heterocycles. The van der Waals surface area contributed by atoms with Crippen molar-refractivity contribution in [3.8, 4) is 5.75 Å². The van der Waals surface area contributed by atoms with Crippen LogP contribution in [-0.4, -0.2) is 58.0 Å². The first-order chi connectivity index (χ1) is 15.7. The van der Waals surface area contributed by atoms with E-state index in [-0.39, 0.29) is 42.2 Å². The molecule has 1 aromatic carbocycles. The van der Waals surface area contributed by atoms with Crippen LogP contribution in [0.2, 0.25) is 5.02 Å². The van der Waals surface area contributed by atoms with Gasteiger partial charge < -0.3 is 24.8 Å². The molecule has 0 unspecified atom stereocenters. The second-order valence-corrected chi connectivity index (χ2v) is 8.96. The largest absolute Gasteiger partial charge is 0.503 e. The van der Waals surface area contributed by atoms with Gasteiger partial charge in [0.1, 0.15) is 5.82 Å². The van der Waals surface area contributed by atoms with E-state index in [9.17, 15) is 23.9 Å². The van der Waals surface area contributed by atoms with Crippen molar-refractivity contribution in [3.63, 3.8) is 0 Å². The van der Waals surface area contributed by atoms with Gasteiger partial charge in [-0.3, -0.25) is 14.4 Å². The number of fused-ring (bicyclic) bond motifs is 3. The number of halogens is 2. The molecule has 4 rings (SSSR count). The van der Waals surface area contributed by atoms with Gasteiger partial charge in [-0.05, 0) is 37.1 Å². The van der Waals surface area contributed by atoms with Crippen LogP contribution in [-0.2, 0) is 24.4 Å². The van der Waals surface area contributed by atoms with Crippen molar-refractivity contribution in [2.45, 2.75) is 38.9 Å². The summed E-state index contributed by atoms with van der Waals surface area (Å²) in [7, 11) is 1.69. The lowest BCUT2D eigenvalue weighted by Crippen LogP contribution is -2.44. The van der Waals surface area contributed by atoms with E-state index in [0.29, 0.717) is 42.9 Å². The minimum atomic E-state index is -0.567. The Morgan fingerprint density at radius 3 is 2.73 bits per heavy atom. The average molecular weight is 477 g/mol. The molecule has 8 nitrogen and oxygen atoms in total. The zero-order valence-corrected chi connectivity index (χ0v) is 19.3. The van der Waals surface area contributed by atoms with Gasteiger partial charge in [-0.15, -0.1) is 0 Å². The molecular formula is C23H26ClFN4O4. The predicted molar refractivity (Wildman–Crippen MR) is 121 cm³/mol. The summed E-state index contributed by atoms with van der Waals surface area (Å²) in [4.78, 5) is 42.2. The first-order valence-corrected chi connectivity index (χ1v) is 11.2. The normalized spacial score (nSPS) is 18.1. The monoisotopic (exact) mass is 476 g/mol. The van der Waals surface area contributed by atoms with E-state index in [2.05, 4.69) is 5.32 Å². The summed E-state index contributed by atoms with van der Waals surface area (Å²) in [6, 6.07) is 4.23. The number of amides is 2. The Balaban J connectivity index is 1.74. The van der Waals surface area contributed by atoms with E-state index in [1.807, 2.05) is 6.92 Å². The fraction of sp³-hybridized carbons (Fsp3) is 0.435. The Kier molecular flexibility index (Phi) is 6.45. The number of carbonyl (C=O) groups excluding carboxylic acids is 2. The third-order valence-electron chi connectivity index (χ3n) is 6.38. The fourth-order valence-electron chi connectivity index (χ4n) is 4.63. The number of aromatic nitrogens is 1. The quantitative estimate of drug-likeness (QED) is 0.704. The third kappa shape index (κ3) is 4.22. The minimum absolute atomic E-state index is 0.0398. The Morgan fingerprint density at radius 1 is 1.27 bits per heavy atom. The first kappa shape index (κ1) is 23.3. The second kappa shape index (κ2) is 9.15. The molecule has 0 spiro atoms. The lowest BCUT2D eigenvalue weighted by molar-refractivity contribution is -0.130. The van der Waals surface area contributed by atoms with Crippen molar-refractivity contribution in [1.82, 2.24) is 19.7 Å². The maximum Gasteiger partial charge on any atom is 0.274 e. The molecule has 0 bridgehead atoms. The summed E-state index contributed by atoms with van der Waals surface area (Å²) < 4.78 is 15.2. The number of pyridine rings is 1. The van der Waals surface area contributed by atoms with Crippen LogP contribution in [0.25, 0.3) is 0 Å². The van der Waals surface area contributed by atoms with Crippen LogP contribution in [0.3, 0.4) is 0 Å². The number of nitrogens with zero attached hydrogens (tertiary/aromatic N) is 3. The molecule has 1 aromatic heterocycles. The van der Waals surface area contributed by atoms with Crippen LogP contribution in [0.15, 0.2) is 23.0 Å². The van der Waals surface area contributed by atoms with Crippen molar-refractivity contribution >= 4 is 23.4 Å². The molecule has 2 aliphatic heterocycles. The zero-order chi connectivity index (χ0) is 23.9. The smallest absolute Gasteiger partial charge is 0.274 e. The van der Waals surface area contributed by atoms with Gasteiger partial charge in [0, 0.05) is 37.4 Å². The number of aromatic hydroxyl groups is 1. The first-order valence-electron chi connectivity index (χ1n) is 10.9.